The number of hydrogen-bond acceptors (Lipinski definition) is 5. The van der Waals surface area contributed by atoms with Gasteiger partial charge in [0.2, 0.25) is 5.88 Å². The second kappa shape index (κ2) is 8.85. The first-order chi connectivity index (χ1) is 16.0. The predicted molar refractivity (Wildman–Crippen MR) is 132 cm³/mol. The summed E-state index contributed by atoms with van der Waals surface area (Å²) in [5.41, 5.74) is 11.9. The van der Waals surface area contributed by atoms with Crippen molar-refractivity contribution < 1.29 is 14.3 Å². The Kier molecular flexibility index (Phi) is 6.22. The molecule has 1 aliphatic heterocycles. The van der Waals surface area contributed by atoms with Gasteiger partial charge in [0.1, 0.15) is 29.8 Å². The van der Waals surface area contributed by atoms with Crippen LogP contribution in [0.3, 0.4) is 0 Å². The number of nitriles is 1. The van der Waals surface area contributed by atoms with Crippen molar-refractivity contribution in [3.05, 3.63) is 86.0 Å². The Hall–Kier alpha value is -3.23. The minimum absolute atomic E-state index is 0.00911. The van der Waals surface area contributed by atoms with Gasteiger partial charge in [0.25, 0.3) is 0 Å². The molecule has 5 nitrogen and oxygen atoms in total. The van der Waals surface area contributed by atoms with Crippen LogP contribution in [0.1, 0.15) is 60.4 Å². The number of ether oxygens (including phenoxy) is 2. The monoisotopic (exact) mass is 476 g/mol. The number of nitrogens with zero attached hydrogens (tertiary/aromatic N) is 1. The number of carbonyl (C=O) groups is 1. The summed E-state index contributed by atoms with van der Waals surface area (Å²) >= 11 is 5.99. The number of hydrogen-bond donors (Lipinski definition) is 1. The zero-order chi connectivity index (χ0) is 24.8. The Balaban J connectivity index is 1.83. The van der Waals surface area contributed by atoms with Crippen LogP contribution in [0.15, 0.2) is 53.1 Å². The molecule has 4 rings (SSSR count). The number of nitrogens with two attached hydrogens (primary N) is 1. The molecule has 0 radical (unpaired) electrons. The van der Waals surface area contributed by atoms with E-state index >= 15 is 0 Å². The van der Waals surface area contributed by atoms with Crippen molar-refractivity contribution in [2.45, 2.75) is 60.0 Å². The van der Waals surface area contributed by atoms with Crippen molar-refractivity contribution in [1.82, 2.24) is 0 Å². The number of aryl methyl sites for hydroxylation is 2. The van der Waals surface area contributed by atoms with Crippen molar-refractivity contribution in [3.8, 4) is 11.8 Å². The second-order valence-electron chi connectivity index (χ2n) is 9.97. The van der Waals surface area contributed by atoms with Gasteiger partial charge in [0, 0.05) is 23.4 Å². The lowest BCUT2D eigenvalue weighted by Gasteiger charge is -2.38. The molecule has 176 valence electrons. The molecular formula is C28H29ClN2O3. The summed E-state index contributed by atoms with van der Waals surface area (Å²) in [5.74, 6) is 0.839. The highest BCUT2D eigenvalue weighted by atomic mass is 35.5. The predicted octanol–water partition coefficient (Wildman–Crippen LogP) is 6.30. The molecule has 0 bridgehead atoms. The van der Waals surface area contributed by atoms with Gasteiger partial charge in [-0.3, -0.25) is 4.79 Å². The van der Waals surface area contributed by atoms with Crippen LogP contribution in [0.4, 0.5) is 0 Å². The molecule has 0 saturated heterocycles. The molecule has 0 aromatic heterocycles. The van der Waals surface area contributed by atoms with Crippen LogP contribution in [-0.4, -0.2) is 5.78 Å². The topological polar surface area (TPSA) is 85.3 Å². The van der Waals surface area contributed by atoms with Gasteiger partial charge in [-0.25, -0.2) is 0 Å². The lowest BCUT2D eigenvalue weighted by molar-refractivity contribution is -0.119. The van der Waals surface area contributed by atoms with E-state index in [0.29, 0.717) is 41.6 Å². The number of halogens is 1. The molecule has 1 heterocycles. The average molecular weight is 477 g/mol. The minimum Gasteiger partial charge on any atom is -0.489 e. The van der Waals surface area contributed by atoms with E-state index in [2.05, 4.69) is 12.1 Å². The quantitative estimate of drug-likeness (QED) is 0.560. The molecule has 2 aromatic rings. The van der Waals surface area contributed by atoms with E-state index in [4.69, 9.17) is 26.8 Å². The largest absolute Gasteiger partial charge is 0.489 e. The molecule has 0 spiro atoms. The van der Waals surface area contributed by atoms with Gasteiger partial charge < -0.3 is 15.2 Å². The smallest absolute Gasteiger partial charge is 0.205 e. The Morgan fingerprint density at radius 1 is 1.18 bits per heavy atom. The van der Waals surface area contributed by atoms with Crippen molar-refractivity contribution in [1.29, 1.82) is 5.26 Å². The third-order valence-corrected chi connectivity index (χ3v) is 7.00. The van der Waals surface area contributed by atoms with Crippen LogP contribution in [0.25, 0.3) is 0 Å². The van der Waals surface area contributed by atoms with E-state index < -0.39 is 5.92 Å². The summed E-state index contributed by atoms with van der Waals surface area (Å²) in [4.78, 5) is 13.4. The first-order valence-corrected chi connectivity index (χ1v) is 11.7. The summed E-state index contributed by atoms with van der Waals surface area (Å²) in [6.07, 6.45) is 1.00. The number of carbonyl (C=O) groups excluding carboxylic acids is 1. The number of benzene rings is 2. The van der Waals surface area contributed by atoms with E-state index in [1.807, 2.05) is 46.8 Å². The van der Waals surface area contributed by atoms with Gasteiger partial charge in [0.15, 0.2) is 5.78 Å². The van der Waals surface area contributed by atoms with Gasteiger partial charge in [-0.1, -0.05) is 31.5 Å². The van der Waals surface area contributed by atoms with Gasteiger partial charge in [-0.15, -0.1) is 0 Å². The van der Waals surface area contributed by atoms with E-state index in [0.717, 1.165) is 27.8 Å². The standard InChI is InChI=1S/C28H29ClN2O3/c1-15-10-16(2)24(17(3)21(15)14-33-19-8-6-18(29)7-9-19)25-20(13-30)27(31)34-23-12-28(4,5)11-22(32)26(23)25/h6-10,25H,11-12,14,31H2,1-5H3/t25-/m1/s1. The number of Topliss-reactive ketones (excluding diaryl/α,β-unsaturated/α-hetero) is 1. The van der Waals surface area contributed by atoms with Gasteiger partial charge in [-0.05, 0) is 78.3 Å². The highest BCUT2D eigenvalue weighted by molar-refractivity contribution is 6.30. The van der Waals surface area contributed by atoms with Crippen molar-refractivity contribution in [2.75, 3.05) is 0 Å². The zero-order valence-corrected chi connectivity index (χ0v) is 21.0. The fourth-order valence-corrected chi connectivity index (χ4v) is 5.30. The molecule has 0 saturated carbocycles. The average Bonchev–Trinajstić information content (AvgIpc) is 2.73. The number of ketones is 1. The minimum atomic E-state index is -0.549. The van der Waals surface area contributed by atoms with E-state index in [9.17, 15) is 10.1 Å². The van der Waals surface area contributed by atoms with Crippen LogP contribution < -0.4 is 10.5 Å². The molecule has 0 unspecified atom stereocenters. The number of rotatable bonds is 4. The zero-order valence-electron chi connectivity index (χ0n) is 20.2. The second-order valence-corrected chi connectivity index (χ2v) is 10.4. The van der Waals surface area contributed by atoms with E-state index in [1.54, 1.807) is 12.1 Å². The fraction of sp³-hybridized carbons (Fsp3) is 0.357. The Morgan fingerprint density at radius 3 is 2.50 bits per heavy atom. The van der Waals surface area contributed by atoms with Gasteiger partial charge in [-0.2, -0.15) is 5.26 Å². The van der Waals surface area contributed by atoms with Crippen molar-refractivity contribution in [2.24, 2.45) is 11.1 Å². The van der Waals surface area contributed by atoms with Gasteiger partial charge in [0.05, 0.1) is 5.92 Å². The maximum Gasteiger partial charge on any atom is 0.205 e. The SMILES string of the molecule is Cc1cc(C)c([C@H]2C(C#N)=C(N)OC3=C2C(=O)CC(C)(C)C3)c(C)c1COc1ccc(Cl)cc1. The summed E-state index contributed by atoms with van der Waals surface area (Å²) in [5, 5.41) is 10.7. The molecule has 1 atom stereocenters. The first-order valence-electron chi connectivity index (χ1n) is 11.3. The van der Waals surface area contributed by atoms with Crippen LogP contribution >= 0.6 is 11.6 Å². The molecule has 34 heavy (non-hydrogen) atoms. The summed E-state index contributed by atoms with van der Waals surface area (Å²) in [7, 11) is 0. The maximum atomic E-state index is 13.4. The summed E-state index contributed by atoms with van der Waals surface area (Å²) < 4.78 is 11.9. The highest BCUT2D eigenvalue weighted by Gasteiger charge is 2.44. The molecule has 2 aromatic carbocycles. The molecule has 0 fully saturated rings. The molecular weight excluding hydrogens is 448 g/mol. The highest BCUT2D eigenvalue weighted by Crippen LogP contribution is 2.49. The lowest BCUT2D eigenvalue weighted by Crippen LogP contribution is -2.34. The normalized spacial score (nSPS) is 19.4. The lowest BCUT2D eigenvalue weighted by atomic mass is 9.69. The molecule has 2 aliphatic rings. The maximum absolute atomic E-state index is 13.4. The third-order valence-electron chi connectivity index (χ3n) is 6.75. The Morgan fingerprint density at radius 2 is 1.85 bits per heavy atom. The molecule has 2 N–H and O–H groups in total. The molecule has 0 amide bonds. The third kappa shape index (κ3) is 4.31. The molecule has 6 heteroatoms. The van der Waals surface area contributed by atoms with E-state index in [1.165, 1.54) is 0 Å². The van der Waals surface area contributed by atoms with Crippen LogP contribution in [0.5, 0.6) is 5.75 Å². The summed E-state index contributed by atoms with van der Waals surface area (Å²) in [6.45, 7) is 10.5. The van der Waals surface area contributed by atoms with Gasteiger partial charge >= 0.3 is 0 Å². The van der Waals surface area contributed by atoms with Crippen LogP contribution in [0.2, 0.25) is 5.02 Å². The Labute approximate surface area is 205 Å². The molecule has 1 aliphatic carbocycles. The number of allylic oxidation sites excluding steroid dienone is 3. The van der Waals surface area contributed by atoms with Crippen molar-refractivity contribution >= 4 is 17.4 Å². The summed E-state index contributed by atoms with van der Waals surface area (Å²) in [6, 6.07) is 11.5. The van der Waals surface area contributed by atoms with E-state index in [-0.39, 0.29) is 22.7 Å². The fourth-order valence-electron chi connectivity index (χ4n) is 5.17. The Bertz CT molecular complexity index is 1280. The first kappa shape index (κ1) is 23.9. The van der Waals surface area contributed by atoms with Crippen molar-refractivity contribution in [3.63, 3.8) is 0 Å². The van der Waals surface area contributed by atoms with Crippen LogP contribution in [-0.2, 0) is 16.1 Å². The van der Waals surface area contributed by atoms with Crippen LogP contribution in [0, 0.1) is 37.5 Å².